The van der Waals surface area contributed by atoms with Crippen LogP contribution in [0.4, 0.5) is 0 Å². The van der Waals surface area contributed by atoms with E-state index in [1.54, 1.807) is 12.5 Å². The first kappa shape index (κ1) is 16.9. The van der Waals surface area contributed by atoms with Gasteiger partial charge in [0.05, 0.1) is 24.3 Å². The number of hydrogen-bond donors (Lipinski definition) is 1. The van der Waals surface area contributed by atoms with Crippen LogP contribution in [0.25, 0.3) is 0 Å². The van der Waals surface area contributed by atoms with Crippen LogP contribution < -0.4 is 4.72 Å². The molecule has 5 nitrogen and oxygen atoms in total. The zero-order chi connectivity index (χ0) is 15.3. The highest BCUT2D eigenvalue weighted by Gasteiger charge is 2.25. The van der Waals surface area contributed by atoms with Crippen molar-refractivity contribution in [2.24, 2.45) is 5.92 Å². The Morgan fingerprint density at radius 3 is 2.67 bits per heavy atom. The van der Waals surface area contributed by atoms with E-state index in [0.717, 1.165) is 30.2 Å². The lowest BCUT2D eigenvalue weighted by molar-refractivity contribution is 0.218. The Kier molecular flexibility index (Phi) is 6.16. The van der Waals surface area contributed by atoms with E-state index in [4.69, 9.17) is 4.42 Å². The third kappa shape index (κ3) is 5.32. The molecule has 2 rings (SSSR count). The predicted molar refractivity (Wildman–Crippen MR) is 87.0 cm³/mol. The van der Waals surface area contributed by atoms with Gasteiger partial charge in [-0.1, -0.05) is 13.8 Å². The van der Waals surface area contributed by atoms with Crippen LogP contribution in [0.15, 0.2) is 23.0 Å². The molecule has 0 aromatic carbocycles. The molecule has 1 aromatic heterocycles. The molecule has 7 heteroatoms. The number of rotatable bonds is 7. The zero-order valence-corrected chi connectivity index (χ0v) is 14.3. The molecule has 0 radical (unpaired) electrons. The lowest BCUT2D eigenvalue weighted by atomic mass is 10.1. The fourth-order valence-electron chi connectivity index (χ4n) is 2.52. The van der Waals surface area contributed by atoms with Crippen LogP contribution in [0.2, 0.25) is 0 Å². The van der Waals surface area contributed by atoms with Crippen LogP contribution >= 0.6 is 11.8 Å². The SMILES string of the molecule is CC(C)CS(=O)(=O)NC[C@@H](c1ccoc1)N1CCSCC1. The van der Waals surface area contributed by atoms with Crippen LogP contribution in [0.1, 0.15) is 25.5 Å². The van der Waals surface area contributed by atoms with Crippen LogP contribution in [-0.2, 0) is 10.0 Å². The van der Waals surface area contributed by atoms with Gasteiger partial charge in [0.2, 0.25) is 10.0 Å². The summed E-state index contributed by atoms with van der Waals surface area (Å²) in [6.45, 7) is 6.18. The molecular formula is C14H24N2O3S2. The molecule has 2 heterocycles. The van der Waals surface area contributed by atoms with E-state index in [1.807, 2.05) is 31.7 Å². The van der Waals surface area contributed by atoms with E-state index in [1.165, 1.54) is 0 Å². The van der Waals surface area contributed by atoms with Gasteiger partial charge in [-0.25, -0.2) is 13.1 Å². The largest absolute Gasteiger partial charge is 0.472 e. The second kappa shape index (κ2) is 7.67. The van der Waals surface area contributed by atoms with Gasteiger partial charge in [0.1, 0.15) is 0 Å². The molecule has 1 atom stereocenters. The van der Waals surface area contributed by atoms with Crippen molar-refractivity contribution in [2.45, 2.75) is 19.9 Å². The van der Waals surface area contributed by atoms with E-state index in [2.05, 4.69) is 9.62 Å². The molecular weight excluding hydrogens is 308 g/mol. The number of nitrogens with zero attached hydrogens (tertiary/aromatic N) is 1. The lowest BCUT2D eigenvalue weighted by Gasteiger charge is -2.34. The summed E-state index contributed by atoms with van der Waals surface area (Å²) in [6.07, 6.45) is 3.35. The fourth-order valence-corrected chi connectivity index (χ4v) is 4.85. The minimum Gasteiger partial charge on any atom is -0.472 e. The standard InChI is InChI=1S/C14H24N2O3S2/c1-12(2)11-21(17,18)15-9-14(13-3-6-19-10-13)16-4-7-20-8-5-16/h3,6,10,12,14-15H,4-5,7-9,11H2,1-2H3/t14-/m0/s1. The predicted octanol–water partition coefficient (Wildman–Crippen LogP) is 1.94. The highest BCUT2D eigenvalue weighted by Crippen LogP contribution is 2.24. The first-order valence-corrected chi connectivity index (χ1v) is 10.1. The third-order valence-corrected chi connectivity index (χ3v) is 6.12. The number of furan rings is 1. The van der Waals surface area contributed by atoms with Crippen molar-refractivity contribution in [3.05, 3.63) is 24.2 Å². The molecule has 0 unspecified atom stereocenters. The van der Waals surface area contributed by atoms with Gasteiger partial charge in [-0.2, -0.15) is 11.8 Å². The summed E-state index contributed by atoms with van der Waals surface area (Å²) < 4.78 is 32.0. The first-order valence-electron chi connectivity index (χ1n) is 7.29. The van der Waals surface area contributed by atoms with E-state index in [-0.39, 0.29) is 17.7 Å². The second-order valence-electron chi connectivity index (χ2n) is 5.74. The quantitative estimate of drug-likeness (QED) is 0.827. The Morgan fingerprint density at radius 2 is 2.10 bits per heavy atom. The van der Waals surface area contributed by atoms with E-state index < -0.39 is 10.0 Å². The van der Waals surface area contributed by atoms with Gasteiger partial charge in [-0.15, -0.1) is 0 Å². The van der Waals surface area contributed by atoms with Crippen LogP contribution in [0.3, 0.4) is 0 Å². The Hall–Kier alpha value is -0.500. The van der Waals surface area contributed by atoms with Crippen LogP contribution in [-0.4, -0.2) is 50.2 Å². The Balaban J connectivity index is 2.03. The van der Waals surface area contributed by atoms with Gasteiger partial charge in [0.25, 0.3) is 0 Å². The fraction of sp³-hybridized carbons (Fsp3) is 0.714. The van der Waals surface area contributed by atoms with Crippen molar-refractivity contribution >= 4 is 21.8 Å². The number of thioether (sulfide) groups is 1. The minimum atomic E-state index is -3.22. The topological polar surface area (TPSA) is 62.6 Å². The highest BCUT2D eigenvalue weighted by atomic mass is 32.2. The lowest BCUT2D eigenvalue weighted by Crippen LogP contribution is -2.42. The van der Waals surface area contributed by atoms with Crippen molar-refractivity contribution in [1.29, 1.82) is 0 Å². The molecule has 0 saturated carbocycles. The highest BCUT2D eigenvalue weighted by molar-refractivity contribution is 7.99. The van der Waals surface area contributed by atoms with Crippen LogP contribution in [0.5, 0.6) is 0 Å². The molecule has 0 spiro atoms. The number of nitrogens with one attached hydrogen (secondary N) is 1. The van der Waals surface area contributed by atoms with Crippen molar-refractivity contribution in [2.75, 3.05) is 36.9 Å². The Labute approximate surface area is 131 Å². The molecule has 21 heavy (non-hydrogen) atoms. The normalized spacial score (nSPS) is 19.0. The van der Waals surface area contributed by atoms with E-state index >= 15 is 0 Å². The molecule has 1 aromatic rings. The molecule has 1 fully saturated rings. The van der Waals surface area contributed by atoms with Gasteiger partial charge in [-0.05, 0) is 12.0 Å². The summed E-state index contributed by atoms with van der Waals surface area (Å²) in [6, 6.07) is 1.97. The monoisotopic (exact) mass is 332 g/mol. The molecule has 0 bridgehead atoms. The maximum absolute atomic E-state index is 12.0. The maximum atomic E-state index is 12.0. The summed E-state index contributed by atoms with van der Waals surface area (Å²) in [4.78, 5) is 2.33. The maximum Gasteiger partial charge on any atom is 0.211 e. The zero-order valence-electron chi connectivity index (χ0n) is 12.6. The van der Waals surface area contributed by atoms with Gasteiger partial charge < -0.3 is 4.42 Å². The summed E-state index contributed by atoms with van der Waals surface area (Å²) in [7, 11) is -3.22. The Bertz CT molecular complexity index is 508. The Morgan fingerprint density at radius 1 is 1.38 bits per heavy atom. The summed E-state index contributed by atoms with van der Waals surface area (Å²) in [5, 5.41) is 0. The molecule has 1 aliphatic rings. The van der Waals surface area contributed by atoms with Crippen molar-refractivity contribution in [3.8, 4) is 0 Å². The van der Waals surface area contributed by atoms with Crippen molar-refractivity contribution < 1.29 is 12.8 Å². The molecule has 1 N–H and O–H groups in total. The van der Waals surface area contributed by atoms with Crippen molar-refractivity contribution in [3.63, 3.8) is 0 Å². The van der Waals surface area contributed by atoms with E-state index in [0.29, 0.717) is 6.54 Å². The number of hydrogen-bond acceptors (Lipinski definition) is 5. The van der Waals surface area contributed by atoms with E-state index in [9.17, 15) is 8.42 Å². The summed E-state index contributed by atoms with van der Waals surface area (Å²) in [5.41, 5.74) is 1.04. The average Bonchev–Trinajstić information content (AvgIpc) is 2.92. The van der Waals surface area contributed by atoms with Crippen LogP contribution in [0, 0.1) is 5.92 Å². The summed E-state index contributed by atoms with van der Waals surface area (Å²) >= 11 is 1.94. The van der Waals surface area contributed by atoms with Gasteiger partial charge >= 0.3 is 0 Å². The minimum absolute atomic E-state index is 0.0478. The molecule has 1 saturated heterocycles. The van der Waals surface area contributed by atoms with Gasteiger partial charge in [-0.3, -0.25) is 4.90 Å². The molecule has 1 aliphatic heterocycles. The average molecular weight is 332 g/mol. The molecule has 0 aliphatic carbocycles. The molecule has 120 valence electrons. The van der Waals surface area contributed by atoms with Gasteiger partial charge in [0.15, 0.2) is 0 Å². The second-order valence-corrected chi connectivity index (χ2v) is 8.82. The summed E-state index contributed by atoms with van der Waals surface area (Å²) in [5.74, 6) is 2.47. The molecule has 0 amide bonds. The van der Waals surface area contributed by atoms with Crippen molar-refractivity contribution in [1.82, 2.24) is 9.62 Å². The van der Waals surface area contributed by atoms with Gasteiger partial charge in [0, 0.05) is 36.7 Å². The smallest absolute Gasteiger partial charge is 0.211 e. The third-order valence-electron chi connectivity index (χ3n) is 3.46. The first-order chi connectivity index (χ1) is 9.98. The number of sulfonamides is 1.